The first kappa shape index (κ1) is 13.9. The number of ether oxygens (including phenoxy) is 1. The predicted octanol–water partition coefficient (Wildman–Crippen LogP) is 2.79. The van der Waals surface area contributed by atoms with Gasteiger partial charge in [0.1, 0.15) is 11.8 Å². The quantitative estimate of drug-likeness (QED) is 0.861. The van der Waals surface area contributed by atoms with Crippen molar-refractivity contribution in [1.82, 2.24) is 0 Å². The number of carboxylic acid groups (broad SMARTS) is 1. The Morgan fingerprint density at radius 2 is 1.65 bits per heavy atom. The average molecular weight is 270 g/mol. The Morgan fingerprint density at radius 3 is 2.10 bits per heavy atom. The fraction of sp³-hybridized carbons (Fsp3) is 0.188. The highest BCUT2D eigenvalue weighted by Crippen LogP contribution is 2.34. The van der Waals surface area contributed by atoms with Crippen molar-refractivity contribution in [3.8, 4) is 5.75 Å². The van der Waals surface area contributed by atoms with Crippen LogP contribution in [0.4, 0.5) is 16.2 Å². The van der Waals surface area contributed by atoms with Crippen LogP contribution in [0, 0.1) is 13.8 Å². The Kier molecular flexibility index (Phi) is 3.94. The van der Waals surface area contributed by atoms with Crippen LogP contribution in [0.25, 0.3) is 0 Å². The Hall–Kier alpha value is -2.49. The highest BCUT2D eigenvalue weighted by atomic mass is 16.5. The second-order valence-electron chi connectivity index (χ2n) is 4.55. The third-order valence-electron chi connectivity index (χ3n) is 3.12. The molecule has 0 spiro atoms. The summed E-state index contributed by atoms with van der Waals surface area (Å²) in [7, 11) is 1.58. The molecule has 20 heavy (non-hydrogen) atoms. The number of para-hydroxylation sites is 1. The van der Waals surface area contributed by atoms with Gasteiger partial charge in [0, 0.05) is 5.69 Å². The largest absolute Gasteiger partial charge is 0.529 e. The molecule has 4 nitrogen and oxygen atoms in total. The molecular weight excluding hydrogens is 254 g/mol. The number of aryl methyl sites for hydroxylation is 2. The smallest absolute Gasteiger partial charge is 0.146 e. The van der Waals surface area contributed by atoms with Crippen molar-refractivity contribution in [2.45, 2.75) is 13.8 Å². The van der Waals surface area contributed by atoms with Crippen molar-refractivity contribution < 1.29 is 14.6 Å². The topological polar surface area (TPSA) is 52.6 Å². The minimum atomic E-state index is -1.26. The Bertz CT molecular complexity index is 600. The molecule has 0 aromatic heterocycles. The van der Waals surface area contributed by atoms with Crippen LogP contribution >= 0.6 is 0 Å². The van der Waals surface area contributed by atoms with Gasteiger partial charge in [0.25, 0.3) is 0 Å². The zero-order chi connectivity index (χ0) is 14.7. The molecule has 0 unspecified atom stereocenters. The maximum atomic E-state index is 11.5. The lowest BCUT2D eigenvalue weighted by atomic mass is 10.1. The van der Waals surface area contributed by atoms with E-state index in [0.717, 1.165) is 11.1 Å². The maximum absolute atomic E-state index is 11.5. The van der Waals surface area contributed by atoms with Gasteiger partial charge in [-0.1, -0.05) is 18.2 Å². The summed E-state index contributed by atoms with van der Waals surface area (Å²) < 4.78 is 5.20. The first-order valence-corrected chi connectivity index (χ1v) is 6.26. The molecule has 0 N–H and O–H groups in total. The van der Waals surface area contributed by atoms with Gasteiger partial charge < -0.3 is 14.6 Å². The lowest BCUT2D eigenvalue weighted by molar-refractivity contribution is -0.245. The highest BCUT2D eigenvalue weighted by molar-refractivity contribution is 5.95. The molecule has 1 amide bonds. The summed E-state index contributed by atoms with van der Waals surface area (Å²) in [6.07, 6.45) is -1.26. The standard InChI is InChI=1S/C16H17NO3/c1-11-9-14(20-3)10-12(2)15(11)17(16(18)19)13-7-5-4-6-8-13/h4-10H,1-3H3,(H,18,19)/p-1. The van der Waals surface area contributed by atoms with Crippen molar-refractivity contribution in [3.05, 3.63) is 53.6 Å². The molecule has 0 fully saturated rings. The summed E-state index contributed by atoms with van der Waals surface area (Å²) in [5.41, 5.74) is 2.80. The van der Waals surface area contributed by atoms with Gasteiger partial charge in [-0.15, -0.1) is 0 Å². The first-order chi connectivity index (χ1) is 9.54. The SMILES string of the molecule is COc1cc(C)c(N(C(=O)[O-])c2ccccc2)c(C)c1. The van der Waals surface area contributed by atoms with Gasteiger partial charge in [-0.05, 0) is 49.2 Å². The molecular formula is C16H16NO3-. The molecule has 0 saturated heterocycles. The molecule has 2 aromatic carbocycles. The van der Waals surface area contributed by atoms with E-state index >= 15 is 0 Å². The summed E-state index contributed by atoms with van der Waals surface area (Å²) in [5, 5.41) is 11.5. The minimum absolute atomic E-state index is 0.559. The summed E-state index contributed by atoms with van der Waals surface area (Å²) in [5.74, 6) is 0.704. The monoisotopic (exact) mass is 270 g/mol. The second kappa shape index (κ2) is 5.65. The van der Waals surface area contributed by atoms with E-state index in [1.807, 2.05) is 19.9 Å². The van der Waals surface area contributed by atoms with E-state index in [1.165, 1.54) is 4.90 Å². The highest BCUT2D eigenvalue weighted by Gasteiger charge is 2.16. The summed E-state index contributed by atoms with van der Waals surface area (Å²) in [6.45, 7) is 3.70. The van der Waals surface area contributed by atoms with E-state index in [9.17, 15) is 9.90 Å². The number of amides is 1. The van der Waals surface area contributed by atoms with Crippen molar-refractivity contribution in [2.75, 3.05) is 12.0 Å². The van der Waals surface area contributed by atoms with Crippen LogP contribution in [0.3, 0.4) is 0 Å². The fourth-order valence-corrected chi connectivity index (χ4v) is 2.29. The molecule has 0 atom stereocenters. The second-order valence-corrected chi connectivity index (χ2v) is 4.55. The van der Waals surface area contributed by atoms with Gasteiger partial charge in [-0.2, -0.15) is 0 Å². The minimum Gasteiger partial charge on any atom is -0.529 e. The third kappa shape index (κ3) is 2.59. The Morgan fingerprint density at radius 1 is 1.10 bits per heavy atom. The van der Waals surface area contributed by atoms with Crippen LogP contribution in [-0.2, 0) is 0 Å². The van der Waals surface area contributed by atoms with Gasteiger partial charge in [0.15, 0.2) is 0 Å². The number of carbonyl (C=O) groups excluding carboxylic acids is 1. The van der Waals surface area contributed by atoms with Crippen molar-refractivity contribution in [3.63, 3.8) is 0 Å². The maximum Gasteiger partial charge on any atom is 0.146 e. The van der Waals surface area contributed by atoms with Gasteiger partial charge in [-0.3, -0.25) is 4.90 Å². The number of hydrogen-bond donors (Lipinski definition) is 0. The summed E-state index contributed by atoms with van der Waals surface area (Å²) in [6, 6.07) is 12.5. The zero-order valence-corrected chi connectivity index (χ0v) is 11.7. The van der Waals surface area contributed by atoms with Crippen LogP contribution in [0.15, 0.2) is 42.5 Å². The summed E-state index contributed by atoms with van der Waals surface area (Å²) >= 11 is 0. The van der Waals surface area contributed by atoms with E-state index in [1.54, 1.807) is 43.5 Å². The molecule has 0 radical (unpaired) electrons. The molecule has 0 aliphatic heterocycles. The Balaban J connectivity index is 2.59. The summed E-state index contributed by atoms with van der Waals surface area (Å²) in [4.78, 5) is 12.7. The normalized spacial score (nSPS) is 10.2. The number of benzene rings is 2. The number of carbonyl (C=O) groups is 1. The molecule has 0 aliphatic carbocycles. The zero-order valence-electron chi connectivity index (χ0n) is 11.7. The first-order valence-electron chi connectivity index (χ1n) is 6.26. The number of rotatable bonds is 3. The lowest BCUT2D eigenvalue weighted by Crippen LogP contribution is -2.38. The van der Waals surface area contributed by atoms with Gasteiger partial charge in [-0.25, -0.2) is 0 Å². The fourth-order valence-electron chi connectivity index (χ4n) is 2.29. The van der Waals surface area contributed by atoms with Crippen LogP contribution in [0.2, 0.25) is 0 Å². The molecule has 0 heterocycles. The van der Waals surface area contributed by atoms with Gasteiger partial charge in [0.2, 0.25) is 0 Å². The molecule has 0 aliphatic rings. The van der Waals surface area contributed by atoms with E-state index in [4.69, 9.17) is 4.74 Å². The molecule has 2 rings (SSSR count). The van der Waals surface area contributed by atoms with E-state index < -0.39 is 6.09 Å². The molecule has 0 saturated carbocycles. The molecule has 2 aromatic rings. The van der Waals surface area contributed by atoms with E-state index in [2.05, 4.69) is 0 Å². The number of methoxy groups -OCH3 is 1. The Labute approximate surface area is 118 Å². The van der Waals surface area contributed by atoms with Crippen molar-refractivity contribution >= 4 is 17.5 Å². The van der Waals surface area contributed by atoms with Crippen molar-refractivity contribution in [2.24, 2.45) is 0 Å². The van der Waals surface area contributed by atoms with Gasteiger partial charge in [0.05, 0.1) is 12.8 Å². The lowest BCUT2D eigenvalue weighted by Gasteiger charge is -2.28. The van der Waals surface area contributed by atoms with Crippen molar-refractivity contribution in [1.29, 1.82) is 0 Å². The number of nitrogens with zero attached hydrogens (tertiary/aromatic N) is 1. The molecule has 4 heteroatoms. The van der Waals surface area contributed by atoms with E-state index in [-0.39, 0.29) is 0 Å². The third-order valence-corrected chi connectivity index (χ3v) is 3.12. The average Bonchev–Trinajstić information content (AvgIpc) is 2.43. The molecule has 0 bridgehead atoms. The number of anilines is 2. The van der Waals surface area contributed by atoms with Crippen LogP contribution in [0.1, 0.15) is 11.1 Å². The predicted molar refractivity (Wildman–Crippen MR) is 76.4 cm³/mol. The van der Waals surface area contributed by atoms with E-state index in [0.29, 0.717) is 17.1 Å². The van der Waals surface area contributed by atoms with Crippen LogP contribution in [0.5, 0.6) is 5.75 Å². The number of hydrogen-bond acceptors (Lipinski definition) is 3. The van der Waals surface area contributed by atoms with Crippen LogP contribution < -0.4 is 14.7 Å². The van der Waals surface area contributed by atoms with Crippen LogP contribution in [-0.4, -0.2) is 13.2 Å². The van der Waals surface area contributed by atoms with Gasteiger partial charge >= 0.3 is 0 Å². The molecule has 104 valence electrons.